The van der Waals surface area contributed by atoms with Crippen LogP contribution in [0.5, 0.6) is 0 Å². The zero-order chi connectivity index (χ0) is 16.0. The molecule has 0 bridgehead atoms. The first-order valence-corrected chi connectivity index (χ1v) is 7.80. The minimum Gasteiger partial charge on any atom is -0.383 e. The highest BCUT2D eigenvalue weighted by molar-refractivity contribution is 5.59. The minimum absolute atomic E-state index is 0.304. The van der Waals surface area contributed by atoms with Crippen LogP contribution in [-0.2, 0) is 4.74 Å². The van der Waals surface area contributed by atoms with Crippen LogP contribution in [0.2, 0.25) is 0 Å². The van der Waals surface area contributed by atoms with Crippen LogP contribution < -0.4 is 10.2 Å². The zero-order valence-electron chi connectivity index (χ0n) is 14.5. The van der Waals surface area contributed by atoms with E-state index in [1.165, 1.54) is 0 Å². The number of hydrogen-bond donors (Lipinski definition) is 1. The molecule has 0 fully saturated rings. The van der Waals surface area contributed by atoms with Gasteiger partial charge in [0.2, 0.25) is 0 Å². The summed E-state index contributed by atoms with van der Waals surface area (Å²) in [6.45, 7) is 15.1. The topological polar surface area (TPSA) is 50.3 Å². The summed E-state index contributed by atoms with van der Waals surface area (Å²) in [7, 11) is 1.73. The van der Waals surface area contributed by atoms with E-state index in [0.717, 1.165) is 36.1 Å². The molecule has 0 aliphatic carbocycles. The lowest BCUT2D eigenvalue weighted by Gasteiger charge is -2.30. The number of rotatable bonds is 8. The average Bonchev–Trinajstić information content (AvgIpc) is 2.42. The molecule has 5 heteroatoms. The van der Waals surface area contributed by atoms with Crippen molar-refractivity contribution in [3.8, 4) is 0 Å². The molecule has 0 unspecified atom stereocenters. The highest BCUT2D eigenvalue weighted by Gasteiger charge is 2.19. The molecule has 120 valence electrons. The Morgan fingerprint density at radius 1 is 1.19 bits per heavy atom. The maximum absolute atomic E-state index is 5.24. The quantitative estimate of drug-likeness (QED) is 0.798. The standard InChI is InChI=1S/C16H30N4O/c1-8-17-15-13(6)16(19-14(18-15)11(2)3)20(12(4)5)9-10-21-7/h11-12H,8-10H2,1-7H3,(H,17,18,19). The maximum Gasteiger partial charge on any atom is 0.137 e. The molecule has 1 rings (SSSR count). The van der Waals surface area contributed by atoms with Crippen molar-refractivity contribution < 1.29 is 4.74 Å². The fourth-order valence-corrected chi connectivity index (χ4v) is 2.20. The van der Waals surface area contributed by atoms with Gasteiger partial charge in [-0.1, -0.05) is 13.8 Å². The van der Waals surface area contributed by atoms with Crippen LogP contribution in [0.1, 0.15) is 51.9 Å². The van der Waals surface area contributed by atoms with E-state index in [1.807, 2.05) is 0 Å². The minimum atomic E-state index is 0.304. The molecule has 0 saturated carbocycles. The monoisotopic (exact) mass is 294 g/mol. The smallest absolute Gasteiger partial charge is 0.137 e. The van der Waals surface area contributed by atoms with E-state index in [-0.39, 0.29) is 0 Å². The van der Waals surface area contributed by atoms with E-state index in [1.54, 1.807) is 7.11 Å². The van der Waals surface area contributed by atoms with Gasteiger partial charge in [-0.05, 0) is 27.7 Å². The molecule has 21 heavy (non-hydrogen) atoms. The fourth-order valence-electron chi connectivity index (χ4n) is 2.20. The molecule has 0 saturated heterocycles. The Kier molecular flexibility index (Phi) is 6.89. The van der Waals surface area contributed by atoms with E-state index in [4.69, 9.17) is 9.72 Å². The van der Waals surface area contributed by atoms with E-state index in [2.05, 4.69) is 56.7 Å². The van der Waals surface area contributed by atoms with Gasteiger partial charge in [-0.15, -0.1) is 0 Å². The molecule has 0 radical (unpaired) electrons. The predicted octanol–water partition coefficient (Wildman–Crippen LogP) is 3.20. The summed E-state index contributed by atoms with van der Waals surface area (Å²) in [6.07, 6.45) is 0. The van der Waals surface area contributed by atoms with Gasteiger partial charge in [-0.25, -0.2) is 9.97 Å². The summed E-state index contributed by atoms with van der Waals surface area (Å²) >= 11 is 0. The molecule has 0 aromatic carbocycles. The summed E-state index contributed by atoms with van der Waals surface area (Å²) in [5, 5.41) is 3.35. The molecule has 1 heterocycles. The maximum atomic E-state index is 5.24. The van der Waals surface area contributed by atoms with Crippen molar-refractivity contribution in [2.24, 2.45) is 0 Å². The molecule has 0 aliphatic heterocycles. The van der Waals surface area contributed by atoms with E-state index in [9.17, 15) is 0 Å². The normalized spacial score (nSPS) is 11.3. The summed E-state index contributed by atoms with van der Waals surface area (Å²) in [6, 6.07) is 0.364. The number of aromatic nitrogens is 2. The fraction of sp³-hybridized carbons (Fsp3) is 0.750. The van der Waals surface area contributed by atoms with Crippen LogP contribution in [0.25, 0.3) is 0 Å². The Morgan fingerprint density at radius 3 is 2.33 bits per heavy atom. The van der Waals surface area contributed by atoms with Crippen molar-refractivity contribution >= 4 is 11.6 Å². The van der Waals surface area contributed by atoms with Crippen LogP contribution in [0.3, 0.4) is 0 Å². The van der Waals surface area contributed by atoms with E-state index >= 15 is 0 Å². The Morgan fingerprint density at radius 2 is 1.86 bits per heavy atom. The molecule has 0 spiro atoms. The summed E-state index contributed by atoms with van der Waals surface area (Å²) < 4.78 is 5.24. The molecular formula is C16H30N4O. The van der Waals surface area contributed by atoms with Crippen LogP contribution >= 0.6 is 0 Å². The van der Waals surface area contributed by atoms with Gasteiger partial charge >= 0.3 is 0 Å². The van der Waals surface area contributed by atoms with Gasteiger partial charge < -0.3 is 15.0 Å². The Balaban J connectivity index is 3.28. The highest BCUT2D eigenvalue weighted by atomic mass is 16.5. The number of methoxy groups -OCH3 is 1. The van der Waals surface area contributed by atoms with Gasteiger partial charge in [0.05, 0.1) is 6.61 Å². The lowest BCUT2D eigenvalue weighted by Crippen LogP contribution is -2.35. The second-order valence-electron chi connectivity index (χ2n) is 5.84. The van der Waals surface area contributed by atoms with Gasteiger partial charge in [0.15, 0.2) is 0 Å². The van der Waals surface area contributed by atoms with Gasteiger partial charge in [-0.3, -0.25) is 0 Å². The number of anilines is 2. The average molecular weight is 294 g/mol. The molecule has 0 aliphatic rings. The van der Waals surface area contributed by atoms with Crippen molar-refractivity contribution in [1.82, 2.24) is 9.97 Å². The highest BCUT2D eigenvalue weighted by Crippen LogP contribution is 2.27. The van der Waals surface area contributed by atoms with E-state index < -0.39 is 0 Å². The molecule has 0 atom stereocenters. The first kappa shape index (κ1) is 17.7. The lowest BCUT2D eigenvalue weighted by atomic mass is 10.1. The largest absolute Gasteiger partial charge is 0.383 e. The number of hydrogen-bond acceptors (Lipinski definition) is 5. The second-order valence-corrected chi connectivity index (χ2v) is 5.84. The first-order valence-electron chi connectivity index (χ1n) is 7.80. The van der Waals surface area contributed by atoms with Gasteiger partial charge in [0.1, 0.15) is 17.5 Å². The van der Waals surface area contributed by atoms with Crippen LogP contribution in [0.4, 0.5) is 11.6 Å². The summed E-state index contributed by atoms with van der Waals surface area (Å²) in [5.74, 6) is 3.14. The van der Waals surface area contributed by atoms with Crippen molar-refractivity contribution in [2.75, 3.05) is 37.0 Å². The van der Waals surface area contributed by atoms with Crippen molar-refractivity contribution in [1.29, 1.82) is 0 Å². The molecular weight excluding hydrogens is 264 g/mol. The zero-order valence-corrected chi connectivity index (χ0v) is 14.5. The molecule has 5 nitrogen and oxygen atoms in total. The first-order chi connectivity index (χ1) is 9.92. The Bertz CT molecular complexity index is 446. The lowest BCUT2D eigenvalue weighted by molar-refractivity contribution is 0.203. The molecule has 0 amide bonds. The number of nitrogens with zero attached hydrogens (tertiary/aromatic N) is 3. The molecule has 1 aromatic heterocycles. The van der Waals surface area contributed by atoms with Gasteiger partial charge in [0, 0.05) is 37.7 Å². The van der Waals surface area contributed by atoms with Crippen molar-refractivity contribution in [2.45, 2.75) is 53.5 Å². The van der Waals surface area contributed by atoms with Gasteiger partial charge in [-0.2, -0.15) is 0 Å². The third kappa shape index (κ3) is 4.56. The van der Waals surface area contributed by atoms with E-state index in [0.29, 0.717) is 18.6 Å². The van der Waals surface area contributed by atoms with Crippen molar-refractivity contribution in [3.05, 3.63) is 11.4 Å². The molecule has 1 aromatic rings. The summed E-state index contributed by atoms with van der Waals surface area (Å²) in [4.78, 5) is 11.8. The molecule has 1 N–H and O–H groups in total. The summed E-state index contributed by atoms with van der Waals surface area (Å²) in [5.41, 5.74) is 1.10. The van der Waals surface area contributed by atoms with Crippen LogP contribution in [0, 0.1) is 6.92 Å². The second kappa shape index (κ2) is 8.17. The van der Waals surface area contributed by atoms with Crippen LogP contribution in [-0.4, -0.2) is 42.8 Å². The van der Waals surface area contributed by atoms with Crippen LogP contribution in [0.15, 0.2) is 0 Å². The predicted molar refractivity (Wildman–Crippen MR) is 89.4 cm³/mol. The Labute approximate surface area is 129 Å². The van der Waals surface area contributed by atoms with Crippen molar-refractivity contribution in [3.63, 3.8) is 0 Å². The third-order valence-corrected chi connectivity index (χ3v) is 3.43. The third-order valence-electron chi connectivity index (χ3n) is 3.43. The van der Waals surface area contributed by atoms with Gasteiger partial charge in [0.25, 0.3) is 0 Å². The Hall–Kier alpha value is -1.36. The number of nitrogens with one attached hydrogen (secondary N) is 1. The SMILES string of the molecule is CCNc1nc(C(C)C)nc(N(CCOC)C(C)C)c1C. The number of ether oxygens (including phenoxy) is 1.